The van der Waals surface area contributed by atoms with Gasteiger partial charge in [-0.05, 0) is 35.8 Å². The van der Waals surface area contributed by atoms with Crippen molar-refractivity contribution < 1.29 is 9.28 Å². The van der Waals surface area contributed by atoms with Gasteiger partial charge in [0.1, 0.15) is 5.56 Å². The van der Waals surface area contributed by atoms with Gasteiger partial charge in [0.2, 0.25) is 0 Å². The highest BCUT2D eigenvalue weighted by molar-refractivity contribution is 9.10. The van der Waals surface area contributed by atoms with Gasteiger partial charge in [-0.3, -0.25) is 0 Å². The third-order valence-corrected chi connectivity index (χ3v) is 4.48. The lowest BCUT2D eigenvalue weighted by Gasteiger charge is -2.35. The minimum absolute atomic E-state index is 0.247. The molecule has 2 saturated heterocycles. The van der Waals surface area contributed by atoms with Gasteiger partial charge in [-0.15, -0.1) is 0 Å². The number of hydrogen-bond acceptors (Lipinski definition) is 3. The van der Waals surface area contributed by atoms with Crippen LogP contribution in [0.1, 0.15) is 24.2 Å². The number of amides is 1. The van der Waals surface area contributed by atoms with E-state index in [4.69, 9.17) is 0 Å². The minimum Gasteiger partial charge on any atom is -0.240 e. The maximum Gasteiger partial charge on any atom is 0.353 e. The molecule has 3 aliphatic heterocycles. The quantitative estimate of drug-likeness (QED) is 0.580. The molecule has 0 saturated carbocycles. The number of carbonyl (C=O) groups is 1. The van der Waals surface area contributed by atoms with Crippen molar-refractivity contribution in [3.05, 3.63) is 22.3 Å². The van der Waals surface area contributed by atoms with Crippen LogP contribution in [0.3, 0.4) is 0 Å². The summed E-state index contributed by atoms with van der Waals surface area (Å²) in [6.45, 7) is 4.25. The van der Waals surface area contributed by atoms with Crippen molar-refractivity contribution in [2.45, 2.75) is 32.2 Å². The van der Waals surface area contributed by atoms with Gasteiger partial charge < -0.3 is 0 Å². The molecule has 0 aliphatic carbocycles. The number of carbonyl (C=O) groups excluding carboxylic acids is 1. The zero-order valence-electron chi connectivity index (χ0n) is 9.01. The van der Waals surface area contributed by atoms with Crippen LogP contribution in [0.15, 0.2) is 16.7 Å². The van der Waals surface area contributed by atoms with Crippen molar-refractivity contribution in [3.8, 4) is 0 Å². The van der Waals surface area contributed by atoms with E-state index in [1.807, 2.05) is 6.07 Å². The normalized spacial score (nSPS) is 37.2. The molecule has 1 amide bonds. The Bertz CT molecular complexity index is 532. The van der Waals surface area contributed by atoms with Crippen LogP contribution in [-0.2, 0) is 0 Å². The molecular weight excluding hydrogens is 270 g/mol. The van der Waals surface area contributed by atoms with Crippen LogP contribution in [0.2, 0.25) is 0 Å². The summed E-state index contributed by atoms with van der Waals surface area (Å²) in [5.74, 6) is 1.13. The summed E-state index contributed by atoms with van der Waals surface area (Å²) < 4.78 is 1.51. The number of fused-ring (bicyclic) bond motifs is 4. The highest BCUT2D eigenvalue weighted by Gasteiger charge is 2.95. The number of rotatable bonds is 1. The standard InChI is InChI=1S/C11H11BrN3O/c1-5(2)15-9-10(15)14(9)8-7(11(15)16)3-6(12)4-13-8/h3-5,9-10H,1-2H3/q+1. The summed E-state index contributed by atoms with van der Waals surface area (Å²) in [6, 6.07) is 2.26. The van der Waals surface area contributed by atoms with Crippen LogP contribution >= 0.6 is 15.9 Å². The lowest BCUT2D eigenvalue weighted by atomic mass is 10.1. The topological polar surface area (TPSA) is 33.0 Å². The molecule has 0 radical (unpaired) electrons. The summed E-state index contributed by atoms with van der Waals surface area (Å²) in [5, 5.41) is 0. The first kappa shape index (κ1) is 9.13. The number of pyridine rings is 1. The van der Waals surface area contributed by atoms with Gasteiger partial charge in [-0.25, -0.2) is 19.2 Å². The second-order valence-corrected chi connectivity index (χ2v) is 5.91. The molecule has 0 bridgehead atoms. The van der Waals surface area contributed by atoms with Crippen LogP contribution in [0.25, 0.3) is 0 Å². The Hall–Kier alpha value is -0.940. The summed E-state index contributed by atoms with van der Waals surface area (Å²) in [6.07, 6.45) is 2.56. The average Bonchev–Trinajstić information content (AvgIpc) is 3.07. The first-order chi connectivity index (χ1) is 7.60. The maximum absolute atomic E-state index is 12.5. The van der Waals surface area contributed by atoms with E-state index in [2.05, 4.69) is 39.7 Å². The monoisotopic (exact) mass is 280 g/mol. The van der Waals surface area contributed by atoms with E-state index in [0.29, 0.717) is 22.9 Å². The fraction of sp³-hybridized carbons (Fsp3) is 0.455. The number of hydrogen-bond donors (Lipinski definition) is 0. The molecular formula is C11H11BrN3O+. The van der Waals surface area contributed by atoms with Crippen molar-refractivity contribution in [3.63, 3.8) is 0 Å². The highest BCUT2D eigenvalue weighted by atomic mass is 79.9. The Morgan fingerprint density at radius 2 is 2.19 bits per heavy atom. The van der Waals surface area contributed by atoms with Gasteiger partial charge in [0.15, 0.2) is 5.82 Å². The van der Waals surface area contributed by atoms with Crippen LogP contribution in [-0.4, -0.2) is 33.7 Å². The SMILES string of the molecule is CC(C)[N+]12C(=O)c3cc(Br)cnc3N3C1C32. The van der Waals surface area contributed by atoms with Crippen LogP contribution in [0.5, 0.6) is 0 Å². The molecule has 2 fully saturated rings. The van der Waals surface area contributed by atoms with E-state index in [1.54, 1.807) is 6.20 Å². The predicted molar refractivity (Wildman–Crippen MR) is 61.7 cm³/mol. The fourth-order valence-electron chi connectivity index (χ4n) is 3.21. The average molecular weight is 281 g/mol. The molecule has 5 heteroatoms. The molecule has 82 valence electrons. The number of anilines is 1. The maximum atomic E-state index is 12.5. The van der Waals surface area contributed by atoms with E-state index in [0.717, 1.165) is 15.9 Å². The molecule has 2 atom stereocenters. The van der Waals surface area contributed by atoms with Gasteiger partial charge in [-0.2, -0.15) is 0 Å². The summed E-state index contributed by atoms with van der Waals surface area (Å²) in [7, 11) is 0. The first-order valence-corrected chi connectivity index (χ1v) is 6.26. The third-order valence-electron chi connectivity index (χ3n) is 4.05. The van der Waals surface area contributed by atoms with Crippen LogP contribution < -0.4 is 4.90 Å². The van der Waals surface area contributed by atoms with E-state index in [9.17, 15) is 4.79 Å². The minimum atomic E-state index is 0.247. The second kappa shape index (κ2) is 2.33. The van der Waals surface area contributed by atoms with Gasteiger partial charge >= 0.3 is 5.91 Å². The number of quaternary nitrogens is 1. The Labute approximate surface area is 102 Å². The summed E-state index contributed by atoms with van der Waals surface area (Å²) >= 11 is 3.37. The van der Waals surface area contributed by atoms with Crippen LogP contribution in [0, 0.1) is 0 Å². The molecule has 4 rings (SSSR count). The Kier molecular flexibility index (Phi) is 1.33. The summed E-state index contributed by atoms with van der Waals surface area (Å²) in [4.78, 5) is 19.1. The lowest BCUT2D eigenvalue weighted by molar-refractivity contribution is -0.791. The van der Waals surface area contributed by atoms with E-state index in [1.165, 1.54) is 0 Å². The Morgan fingerprint density at radius 1 is 1.50 bits per heavy atom. The number of aromatic nitrogens is 1. The smallest absolute Gasteiger partial charge is 0.240 e. The Morgan fingerprint density at radius 3 is 2.81 bits per heavy atom. The molecule has 16 heavy (non-hydrogen) atoms. The summed E-state index contributed by atoms with van der Waals surface area (Å²) in [5.41, 5.74) is 0.771. The van der Waals surface area contributed by atoms with Crippen molar-refractivity contribution in [2.75, 3.05) is 4.90 Å². The van der Waals surface area contributed by atoms with Crippen molar-refractivity contribution in [1.82, 2.24) is 4.98 Å². The zero-order valence-corrected chi connectivity index (χ0v) is 10.6. The molecule has 1 aromatic heterocycles. The molecule has 3 aliphatic rings. The molecule has 2 unspecified atom stereocenters. The van der Waals surface area contributed by atoms with E-state index < -0.39 is 0 Å². The molecule has 4 nitrogen and oxygen atoms in total. The first-order valence-electron chi connectivity index (χ1n) is 5.47. The number of halogens is 1. The largest absolute Gasteiger partial charge is 0.353 e. The second-order valence-electron chi connectivity index (χ2n) is 4.99. The van der Waals surface area contributed by atoms with Crippen LogP contribution in [0.4, 0.5) is 5.82 Å². The van der Waals surface area contributed by atoms with Gasteiger partial charge in [-0.1, -0.05) is 0 Å². The van der Waals surface area contributed by atoms with Gasteiger partial charge in [0, 0.05) is 10.7 Å². The highest BCUT2D eigenvalue weighted by Crippen LogP contribution is 2.67. The van der Waals surface area contributed by atoms with E-state index >= 15 is 0 Å². The fourth-order valence-corrected chi connectivity index (χ4v) is 3.54. The molecule has 1 aromatic rings. The third kappa shape index (κ3) is 0.701. The molecule has 4 heterocycles. The van der Waals surface area contributed by atoms with Gasteiger partial charge in [0.05, 0.1) is 6.04 Å². The predicted octanol–water partition coefficient (Wildman–Crippen LogP) is 1.71. The molecule has 0 aromatic carbocycles. The zero-order chi connectivity index (χ0) is 11.2. The van der Waals surface area contributed by atoms with E-state index in [-0.39, 0.29) is 5.91 Å². The van der Waals surface area contributed by atoms with Crippen molar-refractivity contribution in [2.24, 2.45) is 0 Å². The number of nitrogens with zero attached hydrogens (tertiary/aromatic N) is 3. The van der Waals surface area contributed by atoms with Crippen molar-refractivity contribution in [1.29, 1.82) is 0 Å². The molecule has 0 spiro atoms. The van der Waals surface area contributed by atoms with Gasteiger partial charge in [0.25, 0.3) is 12.3 Å². The van der Waals surface area contributed by atoms with Crippen molar-refractivity contribution >= 4 is 27.7 Å². The Balaban J connectivity index is 1.91. The lowest BCUT2D eigenvalue weighted by Crippen LogP contribution is -2.57. The molecule has 0 N–H and O–H groups in total.